The third kappa shape index (κ3) is 4.12. The van der Waals surface area contributed by atoms with Gasteiger partial charge in [-0.3, -0.25) is 4.79 Å². The number of carboxylic acids is 1. The lowest BCUT2D eigenvalue weighted by molar-refractivity contribution is -0.139. The van der Waals surface area contributed by atoms with Gasteiger partial charge in [-0.2, -0.15) is 0 Å². The molecule has 0 amide bonds. The average molecular weight is 418 g/mol. The zero-order valence-electron chi connectivity index (χ0n) is 18.9. The summed E-state index contributed by atoms with van der Waals surface area (Å²) in [6, 6.07) is 12.1. The maximum absolute atomic E-state index is 11.6. The maximum atomic E-state index is 11.6. The number of fused-ring (bicyclic) bond motifs is 2. The molecular formula is C26H31BO4. The van der Waals surface area contributed by atoms with E-state index < -0.39 is 5.97 Å². The van der Waals surface area contributed by atoms with Crippen LogP contribution in [0.1, 0.15) is 68.4 Å². The van der Waals surface area contributed by atoms with Crippen LogP contribution in [-0.4, -0.2) is 26.0 Å². The minimum Gasteiger partial charge on any atom is -0.489 e. The summed E-state index contributed by atoms with van der Waals surface area (Å²) in [6.07, 6.45) is 3.65. The number of rotatable bonds is 6. The largest absolute Gasteiger partial charge is 0.489 e. The molecule has 0 unspecified atom stereocenters. The molecule has 0 heterocycles. The standard InChI is InChI=1S/C26H31BO4/c1-25(2,3)23(30-4)19-12-16(7-10-22(19)27)15-31-18-9-8-17-6-5-11-26(20(17)13-18)14-21(26)24(28)29/h7-10,12-13,21,23H,5-6,11,14-15H2,1-4H3,(H,28,29)/t21-,23+,26-/m1/s1. The Bertz CT molecular complexity index is 993. The molecule has 1 fully saturated rings. The molecule has 4 rings (SSSR count). The first-order valence-electron chi connectivity index (χ1n) is 11.1. The summed E-state index contributed by atoms with van der Waals surface area (Å²) in [5.74, 6) is -0.154. The number of carbonyl (C=O) groups is 1. The van der Waals surface area contributed by atoms with Gasteiger partial charge in [0.15, 0.2) is 0 Å². The van der Waals surface area contributed by atoms with Crippen LogP contribution < -0.4 is 10.2 Å². The number of aryl methyl sites for hydroxylation is 1. The van der Waals surface area contributed by atoms with E-state index in [1.54, 1.807) is 7.11 Å². The number of hydrogen-bond donors (Lipinski definition) is 1. The minimum atomic E-state index is -0.680. The van der Waals surface area contributed by atoms with Crippen LogP contribution >= 0.6 is 0 Å². The Hall–Kier alpha value is -2.27. The van der Waals surface area contributed by atoms with Crippen LogP contribution in [0.25, 0.3) is 0 Å². The molecule has 0 aliphatic heterocycles. The highest BCUT2D eigenvalue weighted by molar-refractivity contribution is 6.33. The lowest BCUT2D eigenvalue weighted by Crippen LogP contribution is -2.26. The third-order valence-corrected chi connectivity index (χ3v) is 6.92. The second-order valence-corrected chi connectivity index (χ2v) is 10.2. The summed E-state index contributed by atoms with van der Waals surface area (Å²) in [4.78, 5) is 11.6. The van der Waals surface area contributed by atoms with E-state index in [4.69, 9.17) is 17.3 Å². The lowest BCUT2D eigenvalue weighted by Gasteiger charge is -2.31. The highest BCUT2D eigenvalue weighted by atomic mass is 16.5. The predicted octanol–water partition coefficient (Wildman–Crippen LogP) is 4.47. The molecule has 162 valence electrons. The Labute approximate surface area is 186 Å². The van der Waals surface area contributed by atoms with Gasteiger partial charge in [-0.25, -0.2) is 0 Å². The van der Waals surface area contributed by atoms with Gasteiger partial charge in [0.25, 0.3) is 0 Å². The second kappa shape index (κ2) is 8.01. The quantitative estimate of drug-likeness (QED) is 0.704. The van der Waals surface area contributed by atoms with Crippen molar-refractivity contribution in [1.29, 1.82) is 0 Å². The lowest BCUT2D eigenvalue weighted by atomic mass is 9.78. The number of benzene rings is 2. The molecule has 1 saturated carbocycles. The molecule has 1 spiro atoms. The molecule has 2 aromatic carbocycles. The third-order valence-electron chi connectivity index (χ3n) is 6.92. The molecule has 2 radical (unpaired) electrons. The van der Waals surface area contributed by atoms with Gasteiger partial charge in [-0.15, -0.1) is 0 Å². The summed E-state index contributed by atoms with van der Waals surface area (Å²) < 4.78 is 11.9. The van der Waals surface area contributed by atoms with E-state index in [9.17, 15) is 9.90 Å². The Kier molecular flexibility index (Phi) is 5.67. The van der Waals surface area contributed by atoms with Crippen molar-refractivity contribution in [1.82, 2.24) is 0 Å². The Morgan fingerprint density at radius 3 is 2.68 bits per heavy atom. The molecular weight excluding hydrogens is 387 g/mol. The smallest absolute Gasteiger partial charge is 0.307 e. The monoisotopic (exact) mass is 418 g/mol. The van der Waals surface area contributed by atoms with Gasteiger partial charge in [0.1, 0.15) is 20.2 Å². The van der Waals surface area contributed by atoms with Crippen LogP contribution in [0, 0.1) is 11.3 Å². The van der Waals surface area contributed by atoms with Crippen molar-refractivity contribution in [3.05, 3.63) is 58.7 Å². The molecule has 2 aliphatic carbocycles. The van der Waals surface area contributed by atoms with Crippen molar-refractivity contribution in [2.45, 2.75) is 64.6 Å². The number of ether oxygens (including phenoxy) is 2. The first-order valence-corrected chi connectivity index (χ1v) is 11.1. The summed E-state index contributed by atoms with van der Waals surface area (Å²) in [7, 11) is 7.96. The first kappa shape index (κ1) is 21.9. The molecule has 2 aliphatic rings. The van der Waals surface area contributed by atoms with E-state index in [0.717, 1.165) is 48.0 Å². The highest BCUT2D eigenvalue weighted by Crippen LogP contribution is 2.60. The zero-order chi connectivity index (χ0) is 22.4. The normalized spacial score (nSPS) is 23.3. The van der Waals surface area contributed by atoms with Crippen LogP contribution in [0.5, 0.6) is 5.75 Å². The van der Waals surface area contributed by atoms with Gasteiger partial charge in [0.2, 0.25) is 0 Å². The van der Waals surface area contributed by atoms with E-state index in [1.165, 1.54) is 11.1 Å². The van der Waals surface area contributed by atoms with Crippen molar-refractivity contribution in [3.63, 3.8) is 0 Å². The SMILES string of the molecule is [B]c1ccc(COc2ccc3c(c2)[C@@]2(CCC3)C[C@@H]2C(=O)O)cc1[C@H](OC)C(C)(C)C. The fourth-order valence-electron chi connectivity index (χ4n) is 5.31. The first-order chi connectivity index (χ1) is 14.7. The van der Waals surface area contributed by atoms with Crippen molar-refractivity contribution in [3.8, 4) is 5.75 Å². The minimum absolute atomic E-state index is 0.0832. The fourth-order valence-corrected chi connectivity index (χ4v) is 5.31. The van der Waals surface area contributed by atoms with Crippen LogP contribution in [0.2, 0.25) is 0 Å². The summed E-state index contributed by atoms with van der Waals surface area (Å²) in [5.41, 5.74) is 4.89. The van der Waals surface area contributed by atoms with Crippen molar-refractivity contribution < 1.29 is 19.4 Å². The Morgan fingerprint density at radius 2 is 2.03 bits per heavy atom. The van der Waals surface area contributed by atoms with Crippen molar-refractivity contribution in [2.75, 3.05) is 7.11 Å². The van der Waals surface area contributed by atoms with Gasteiger partial charge >= 0.3 is 5.97 Å². The Balaban J connectivity index is 1.54. The number of carboxylic acid groups (broad SMARTS) is 1. The van der Waals surface area contributed by atoms with Gasteiger partial charge in [-0.05, 0) is 65.5 Å². The van der Waals surface area contributed by atoms with Crippen LogP contribution in [0.4, 0.5) is 0 Å². The molecule has 1 N–H and O–H groups in total. The summed E-state index contributed by atoms with van der Waals surface area (Å²) in [6.45, 7) is 6.82. The molecule has 2 aromatic rings. The molecule has 0 aromatic heterocycles. The number of hydrogen-bond acceptors (Lipinski definition) is 3. The molecule has 4 nitrogen and oxygen atoms in total. The second-order valence-electron chi connectivity index (χ2n) is 10.2. The molecule has 31 heavy (non-hydrogen) atoms. The molecule has 0 bridgehead atoms. The fraction of sp³-hybridized carbons (Fsp3) is 0.500. The maximum Gasteiger partial charge on any atom is 0.307 e. The molecule has 3 atom stereocenters. The van der Waals surface area contributed by atoms with E-state index in [0.29, 0.717) is 6.61 Å². The molecule has 5 heteroatoms. The van der Waals surface area contributed by atoms with E-state index >= 15 is 0 Å². The van der Waals surface area contributed by atoms with Gasteiger partial charge in [0.05, 0.1) is 12.0 Å². The number of aliphatic carboxylic acids is 1. The topological polar surface area (TPSA) is 55.8 Å². The Morgan fingerprint density at radius 1 is 1.26 bits per heavy atom. The highest BCUT2D eigenvalue weighted by Gasteiger charge is 2.60. The molecule has 0 saturated heterocycles. The van der Waals surface area contributed by atoms with Crippen LogP contribution in [0.15, 0.2) is 36.4 Å². The summed E-state index contributed by atoms with van der Waals surface area (Å²) in [5, 5.41) is 9.54. The average Bonchev–Trinajstić information content (AvgIpc) is 3.43. The van der Waals surface area contributed by atoms with Crippen LogP contribution in [0.3, 0.4) is 0 Å². The predicted molar refractivity (Wildman–Crippen MR) is 122 cm³/mol. The van der Waals surface area contributed by atoms with Gasteiger partial charge in [0, 0.05) is 12.5 Å². The van der Waals surface area contributed by atoms with Crippen LogP contribution in [-0.2, 0) is 28.0 Å². The van der Waals surface area contributed by atoms with E-state index in [1.807, 2.05) is 18.2 Å². The van der Waals surface area contributed by atoms with Crippen molar-refractivity contribution in [2.24, 2.45) is 11.3 Å². The number of methoxy groups -OCH3 is 1. The van der Waals surface area contributed by atoms with E-state index in [-0.39, 0.29) is 22.9 Å². The summed E-state index contributed by atoms with van der Waals surface area (Å²) >= 11 is 0. The zero-order valence-corrected chi connectivity index (χ0v) is 18.9. The van der Waals surface area contributed by atoms with Gasteiger partial charge < -0.3 is 14.6 Å². The van der Waals surface area contributed by atoms with Crippen molar-refractivity contribution >= 4 is 19.3 Å². The van der Waals surface area contributed by atoms with Gasteiger partial charge in [-0.1, -0.05) is 50.5 Å². The van der Waals surface area contributed by atoms with E-state index in [2.05, 4.69) is 39.0 Å².